The van der Waals surface area contributed by atoms with E-state index in [0.29, 0.717) is 32.5 Å². The summed E-state index contributed by atoms with van der Waals surface area (Å²) in [4.78, 5) is 36.8. The SMILES string of the molecule is COc1ccc(C(=O)OCC(=O)N2CCCC2=O)cc1S(=O)(=O)N1CCCC1. The van der Waals surface area contributed by atoms with Gasteiger partial charge in [-0.15, -0.1) is 0 Å². The number of hydrogen-bond acceptors (Lipinski definition) is 7. The Morgan fingerprint density at radius 3 is 2.43 bits per heavy atom. The molecule has 28 heavy (non-hydrogen) atoms. The number of carbonyl (C=O) groups excluding carboxylic acids is 3. The molecule has 0 bridgehead atoms. The molecule has 0 aliphatic carbocycles. The van der Waals surface area contributed by atoms with Crippen molar-refractivity contribution in [3.05, 3.63) is 23.8 Å². The Balaban J connectivity index is 1.76. The van der Waals surface area contributed by atoms with Gasteiger partial charge in [0.1, 0.15) is 10.6 Å². The maximum Gasteiger partial charge on any atom is 0.338 e. The fraction of sp³-hybridized carbons (Fsp3) is 0.500. The molecule has 2 fully saturated rings. The van der Waals surface area contributed by atoms with Gasteiger partial charge in [-0.05, 0) is 37.5 Å². The van der Waals surface area contributed by atoms with Gasteiger partial charge in [-0.25, -0.2) is 13.2 Å². The van der Waals surface area contributed by atoms with Gasteiger partial charge in [-0.3, -0.25) is 14.5 Å². The summed E-state index contributed by atoms with van der Waals surface area (Å²) in [5.74, 6) is -1.60. The van der Waals surface area contributed by atoms with Gasteiger partial charge in [0.15, 0.2) is 6.61 Å². The van der Waals surface area contributed by atoms with Gasteiger partial charge in [0.2, 0.25) is 15.9 Å². The second-order valence-corrected chi connectivity index (χ2v) is 8.50. The van der Waals surface area contributed by atoms with Crippen molar-refractivity contribution >= 4 is 27.8 Å². The van der Waals surface area contributed by atoms with Crippen molar-refractivity contribution < 1.29 is 32.3 Å². The van der Waals surface area contributed by atoms with E-state index in [9.17, 15) is 22.8 Å². The van der Waals surface area contributed by atoms with E-state index in [1.165, 1.54) is 29.6 Å². The molecule has 0 saturated carbocycles. The monoisotopic (exact) mass is 410 g/mol. The summed E-state index contributed by atoms with van der Waals surface area (Å²) in [5, 5.41) is 0. The maximum absolute atomic E-state index is 12.9. The van der Waals surface area contributed by atoms with Crippen molar-refractivity contribution in [1.82, 2.24) is 9.21 Å². The topological polar surface area (TPSA) is 110 Å². The van der Waals surface area contributed by atoms with Gasteiger partial charge >= 0.3 is 5.97 Å². The summed E-state index contributed by atoms with van der Waals surface area (Å²) in [7, 11) is -2.46. The molecule has 2 amide bonds. The molecule has 9 nitrogen and oxygen atoms in total. The van der Waals surface area contributed by atoms with Crippen molar-refractivity contribution in [2.45, 2.75) is 30.6 Å². The molecule has 0 radical (unpaired) electrons. The summed E-state index contributed by atoms with van der Waals surface area (Å²) >= 11 is 0. The number of carbonyl (C=O) groups is 3. The molecule has 2 saturated heterocycles. The molecule has 1 aromatic carbocycles. The first-order valence-electron chi connectivity index (χ1n) is 9.03. The molecule has 152 valence electrons. The van der Waals surface area contributed by atoms with Crippen LogP contribution in [0.5, 0.6) is 5.75 Å². The van der Waals surface area contributed by atoms with Crippen molar-refractivity contribution in [3.8, 4) is 5.75 Å². The zero-order valence-corrected chi connectivity index (χ0v) is 16.4. The van der Waals surface area contributed by atoms with Gasteiger partial charge in [-0.1, -0.05) is 0 Å². The van der Waals surface area contributed by atoms with Crippen LogP contribution < -0.4 is 4.74 Å². The van der Waals surface area contributed by atoms with Gasteiger partial charge in [-0.2, -0.15) is 4.31 Å². The van der Waals surface area contributed by atoms with Crippen LogP contribution in [-0.4, -0.2) is 68.8 Å². The molecule has 2 aliphatic heterocycles. The lowest BCUT2D eigenvalue weighted by molar-refractivity contribution is -0.143. The highest BCUT2D eigenvalue weighted by molar-refractivity contribution is 7.89. The molecule has 0 atom stereocenters. The molecular formula is C18H22N2O7S. The molecular weight excluding hydrogens is 388 g/mol. The number of methoxy groups -OCH3 is 1. The summed E-state index contributed by atoms with van der Waals surface area (Å²) in [5.41, 5.74) is -0.0147. The van der Waals surface area contributed by atoms with E-state index < -0.39 is 28.5 Å². The molecule has 3 rings (SSSR count). The number of amides is 2. The lowest BCUT2D eigenvalue weighted by Gasteiger charge is -2.18. The Kier molecular flexibility index (Phi) is 5.99. The third-order valence-corrected chi connectivity index (χ3v) is 6.70. The molecule has 0 N–H and O–H groups in total. The number of rotatable bonds is 6. The first-order valence-corrected chi connectivity index (χ1v) is 10.5. The summed E-state index contributed by atoms with van der Waals surface area (Å²) < 4.78 is 37.2. The minimum absolute atomic E-state index is 0.0147. The summed E-state index contributed by atoms with van der Waals surface area (Å²) in [6.45, 7) is 0.567. The Morgan fingerprint density at radius 2 is 1.82 bits per heavy atom. The largest absolute Gasteiger partial charge is 0.495 e. The first-order chi connectivity index (χ1) is 13.3. The van der Waals surface area contributed by atoms with Crippen molar-refractivity contribution in [3.63, 3.8) is 0 Å². The fourth-order valence-corrected chi connectivity index (χ4v) is 4.97. The van der Waals surface area contributed by atoms with Crippen LogP contribution in [0.2, 0.25) is 0 Å². The highest BCUT2D eigenvalue weighted by Crippen LogP contribution is 2.30. The Morgan fingerprint density at radius 1 is 1.11 bits per heavy atom. The predicted octanol–water partition coefficient (Wildman–Crippen LogP) is 0.785. The summed E-state index contributed by atoms with van der Waals surface area (Å²) in [6, 6.07) is 3.95. The third-order valence-electron chi connectivity index (χ3n) is 4.78. The van der Waals surface area contributed by atoms with Crippen LogP contribution in [0.25, 0.3) is 0 Å². The molecule has 10 heteroatoms. The summed E-state index contributed by atoms with van der Waals surface area (Å²) in [6.07, 6.45) is 2.45. The minimum atomic E-state index is -3.81. The van der Waals surface area contributed by atoms with Crippen LogP contribution in [0.1, 0.15) is 36.0 Å². The molecule has 2 heterocycles. The number of likely N-dealkylation sites (tertiary alicyclic amines) is 1. The third kappa shape index (κ3) is 4.02. The molecule has 2 aliphatic rings. The van der Waals surface area contributed by atoms with E-state index in [4.69, 9.17) is 9.47 Å². The second kappa shape index (κ2) is 8.27. The Labute approximate surface area is 163 Å². The number of benzene rings is 1. The standard InChI is InChI=1S/C18H22N2O7S/c1-26-14-7-6-13(11-15(14)28(24,25)19-8-2-3-9-19)18(23)27-12-17(22)20-10-4-5-16(20)21/h6-7,11H,2-5,8-10,12H2,1H3. The van der Waals surface area contributed by atoms with Crippen LogP contribution in [-0.2, 0) is 24.3 Å². The quantitative estimate of drug-likeness (QED) is 0.638. The van der Waals surface area contributed by atoms with Crippen molar-refractivity contribution in [1.29, 1.82) is 0 Å². The molecule has 0 spiro atoms. The number of ether oxygens (including phenoxy) is 2. The maximum atomic E-state index is 12.9. The number of esters is 1. The smallest absolute Gasteiger partial charge is 0.338 e. The van der Waals surface area contributed by atoms with Crippen molar-refractivity contribution in [2.24, 2.45) is 0 Å². The van der Waals surface area contributed by atoms with E-state index in [1.54, 1.807) is 0 Å². The van der Waals surface area contributed by atoms with Crippen LogP contribution in [0.3, 0.4) is 0 Å². The zero-order chi connectivity index (χ0) is 20.3. The van der Waals surface area contributed by atoms with E-state index in [1.807, 2.05) is 0 Å². The molecule has 0 aromatic heterocycles. The molecule has 0 unspecified atom stereocenters. The van der Waals surface area contributed by atoms with Gasteiger partial charge in [0.05, 0.1) is 12.7 Å². The van der Waals surface area contributed by atoms with E-state index in [2.05, 4.69) is 0 Å². The number of sulfonamides is 1. The normalized spacial score (nSPS) is 17.8. The average Bonchev–Trinajstić information content (AvgIpc) is 3.37. The molecule has 1 aromatic rings. The average molecular weight is 410 g/mol. The highest BCUT2D eigenvalue weighted by Gasteiger charge is 2.31. The number of imide groups is 1. The lowest BCUT2D eigenvalue weighted by atomic mass is 10.2. The number of nitrogens with zero attached hydrogens (tertiary/aromatic N) is 2. The zero-order valence-electron chi connectivity index (χ0n) is 15.5. The second-order valence-electron chi connectivity index (χ2n) is 6.60. The van der Waals surface area contributed by atoms with Crippen LogP contribution in [0, 0.1) is 0 Å². The van der Waals surface area contributed by atoms with E-state index in [0.717, 1.165) is 17.7 Å². The predicted molar refractivity (Wildman–Crippen MR) is 97.2 cm³/mol. The van der Waals surface area contributed by atoms with Crippen LogP contribution in [0.4, 0.5) is 0 Å². The van der Waals surface area contributed by atoms with Crippen molar-refractivity contribution in [2.75, 3.05) is 33.4 Å². The van der Waals surface area contributed by atoms with Gasteiger partial charge in [0, 0.05) is 26.1 Å². The van der Waals surface area contributed by atoms with Crippen LogP contribution >= 0.6 is 0 Å². The van der Waals surface area contributed by atoms with Gasteiger partial charge < -0.3 is 9.47 Å². The Bertz CT molecular complexity index is 891. The van der Waals surface area contributed by atoms with E-state index in [-0.39, 0.29) is 22.1 Å². The van der Waals surface area contributed by atoms with Crippen LogP contribution in [0.15, 0.2) is 23.1 Å². The number of hydrogen-bond donors (Lipinski definition) is 0. The lowest BCUT2D eigenvalue weighted by Crippen LogP contribution is -2.35. The fourth-order valence-electron chi connectivity index (χ4n) is 3.27. The Hall–Kier alpha value is -2.46. The van der Waals surface area contributed by atoms with Gasteiger partial charge in [0.25, 0.3) is 5.91 Å². The van der Waals surface area contributed by atoms with E-state index >= 15 is 0 Å². The first kappa shape index (κ1) is 20.3. The highest BCUT2D eigenvalue weighted by atomic mass is 32.2. The minimum Gasteiger partial charge on any atom is -0.495 e.